The molecular weight excluding hydrogens is 239 g/mol. The van der Waals surface area contributed by atoms with Crippen LogP contribution in [-0.4, -0.2) is 17.3 Å². The topological polar surface area (TPSA) is 15.6 Å². The van der Waals surface area contributed by atoms with E-state index in [1.807, 2.05) is 0 Å². The molecule has 90 valence electrons. The van der Waals surface area contributed by atoms with Crippen LogP contribution >= 0.6 is 11.6 Å². The van der Waals surface area contributed by atoms with Crippen molar-refractivity contribution in [1.82, 2.24) is 4.90 Å². The normalized spacial score (nSPS) is 19.2. The molecule has 1 saturated heterocycles. The molecule has 1 aromatic carbocycles. The molecule has 0 aliphatic carbocycles. The Morgan fingerprint density at radius 3 is 3.00 bits per heavy atom. The molecule has 2 aliphatic rings. The van der Waals surface area contributed by atoms with E-state index < -0.39 is 0 Å². The Balaban J connectivity index is 2.05. The summed E-state index contributed by atoms with van der Waals surface area (Å²) < 4.78 is 13.3. The average Bonchev–Trinajstić information content (AvgIpc) is 2.51. The Hall–Kier alpha value is -1.09. The van der Waals surface area contributed by atoms with Crippen molar-refractivity contribution >= 4 is 23.1 Å². The fourth-order valence-corrected chi connectivity index (χ4v) is 2.78. The van der Waals surface area contributed by atoms with Crippen LogP contribution in [0.3, 0.4) is 0 Å². The molecule has 0 atom stereocenters. The van der Waals surface area contributed by atoms with Gasteiger partial charge in [0, 0.05) is 31.1 Å². The van der Waals surface area contributed by atoms with Gasteiger partial charge in [-0.1, -0.05) is 18.0 Å². The van der Waals surface area contributed by atoms with Gasteiger partial charge in [0.2, 0.25) is 0 Å². The number of hydrogen-bond acceptors (Lipinski definition) is 2. The van der Waals surface area contributed by atoms with Gasteiger partial charge < -0.3 is 4.90 Å². The monoisotopic (exact) mass is 252 g/mol. The zero-order valence-electron chi connectivity index (χ0n) is 9.55. The smallest absolute Gasteiger partial charge is 0.126 e. The number of rotatable bonds is 0. The summed E-state index contributed by atoms with van der Waals surface area (Å²) in [5.41, 5.74) is 1.67. The van der Waals surface area contributed by atoms with E-state index in [0.29, 0.717) is 10.7 Å². The molecule has 0 amide bonds. The number of nitrogens with zero attached hydrogens (tertiary/aromatic N) is 2. The first-order valence-electron chi connectivity index (χ1n) is 6.04. The van der Waals surface area contributed by atoms with Crippen LogP contribution in [0.15, 0.2) is 17.1 Å². The van der Waals surface area contributed by atoms with Crippen molar-refractivity contribution in [1.29, 1.82) is 0 Å². The van der Waals surface area contributed by atoms with Crippen LogP contribution < -0.4 is 0 Å². The number of fused-ring (bicyclic) bond motifs is 2. The SMILES string of the molecule is Fc1cc(Cl)c2c(c1)N=C1CCCCCN1C2. The van der Waals surface area contributed by atoms with Crippen LogP contribution in [0.5, 0.6) is 0 Å². The van der Waals surface area contributed by atoms with E-state index in [-0.39, 0.29) is 5.82 Å². The molecular formula is C13H14ClFN2. The van der Waals surface area contributed by atoms with Crippen molar-refractivity contribution in [2.75, 3.05) is 6.54 Å². The zero-order valence-corrected chi connectivity index (χ0v) is 10.3. The molecule has 1 fully saturated rings. The van der Waals surface area contributed by atoms with Crippen LogP contribution in [0.2, 0.25) is 5.02 Å². The van der Waals surface area contributed by atoms with E-state index in [4.69, 9.17) is 11.6 Å². The molecule has 0 saturated carbocycles. The largest absolute Gasteiger partial charge is 0.356 e. The van der Waals surface area contributed by atoms with Crippen LogP contribution in [0.4, 0.5) is 10.1 Å². The lowest BCUT2D eigenvalue weighted by Crippen LogP contribution is -2.32. The molecule has 3 rings (SSSR count). The average molecular weight is 253 g/mol. The lowest BCUT2D eigenvalue weighted by atomic mass is 10.1. The van der Waals surface area contributed by atoms with Gasteiger partial charge in [0.15, 0.2) is 0 Å². The summed E-state index contributed by atoms with van der Waals surface area (Å²) in [6.07, 6.45) is 4.61. The highest BCUT2D eigenvalue weighted by Gasteiger charge is 2.23. The molecule has 0 spiro atoms. The summed E-state index contributed by atoms with van der Waals surface area (Å²) in [7, 11) is 0. The van der Waals surface area contributed by atoms with Gasteiger partial charge in [0.05, 0.1) is 10.7 Å². The van der Waals surface area contributed by atoms with E-state index in [1.165, 1.54) is 31.4 Å². The molecule has 17 heavy (non-hydrogen) atoms. The molecule has 0 N–H and O–H groups in total. The maximum atomic E-state index is 13.3. The standard InChI is InChI=1S/C13H14ClFN2/c14-11-6-9(15)7-12-10(11)8-17-5-3-1-2-4-13(17)16-12/h6-7H,1-5,8H2. The molecule has 0 aromatic heterocycles. The lowest BCUT2D eigenvalue weighted by Gasteiger charge is -2.29. The van der Waals surface area contributed by atoms with E-state index in [9.17, 15) is 4.39 Å². The van der Waals surface area contributed by atoms with E-state index >= 15 is 0 Å². The van der Waals surface area contributed by atoms with Gasteiger partial charge in [-0.3, -0.25) is 0 Å². The quantitative estimate of drug-likeness (QED) is 0.684. The highest BCUT2D eigenvalue weighted by molar-refractivity contribution is 6.31. The first-order valence-corrected chi connectivity index (χ1v) is 6.42. The Morgan fingerprint density at radius 1 is 1.24 bits per heavy atom. The highest BCUT2D eigenvalue weighted by atomic mass is 35.5. The maximum Gasteiger partial charge on any atom is 0.126 e. The molecule has 2 heterocycles. The summed E-state index contributed by atoms with van der Waals surface area (Å²) in [4.78, 5) is 6.84. The summed E-state index contributed by atoms with van der Waals surface area (Å²) in [6.45, 7) is 1.80. The highest BCUT2D eigenvalue weighted by Crippen LogP contribution is 2.34. The molecule has 4 heteroatoms. The van der Waals surface area contributed by atoms with Crippen molar-refractivity contribution in [3.8, 4) is 0 Å². The fraction of sp³-hybridized carbons (Fsp3) is 0.462. The van der Waals surface area contributed by atoms with Crippen LogP contribution in [0, 0.1) is 5.82 Å². The molecule has 0 unspecified atom stereocenters. The number of benzene rings is 1. The van der Waals surface area contributed by atoms with Crippen LogP contribution in [0.1, 0.15) is 31.2 Å². The Bertz CT molecular complexity index is 485. The molecule has 0 bridgehead atoms. The van der Waals surface area contributed by atoms with Crippen molar-refractivity contribution in [3.05, 3.63) is 28.5 Å². The van der Waals surface area contributed by atoms with Gasteiger partial charge in [-0.05, 0) is 18.9 Å². The van der Waals surface area contributed by atoms with E-state index in [2.05, 4.69) is 9.89 Å². The second kappa shape index (κ2) is 4.30. The fourth-order valence-electron chi connectivity index (χ4n) is 2.52. The number of hydrogen-bond donors (Lipinski definition) is 0. The predicted octanol–water partition coefficient (Wildman–Crippen LogP) is 3.90. The van der Waals surface area contributed by atoms with E-state index in [0.717, 1.165) is 30.9 Å². The summed E-state index contributed by atoms with van der Waals surface area (Å²) in [6, 6.07) is 2.86. The van der Waals surface area contributed by atoms with Gasteiger partial charge in [0.1, 0.15) is 11.7 Å². The third-order valence-corrected chi connectivity index (χ3v) is 3.77. The van der Waals surface area contributed by atoms with Gasteiger partial charge >= 0.3 is 0 Å². The Labute approximate surface area is 105 Å². The van der Waals surface area contributed by atoms with Gasteiger partial charge in [-0.15, -0.1) is 0 Å². The maximum absolute atomic E-state index is 13.3. The number of amidine groups is 1. The third kappa shape index (κ3) is 2.04. The summed E-state index contributed by atoms with van der Waals surface area (Å²) in [5.74, 6) is 0.789. The van der Waals surface area contributed by atoms with Crippen molar-refractivity contribution in [2.45, 2.75) is 32.2 Å². The first kappa shape index (κ1) is 11.0. The van der Waals surface area contributed by atoms with Gasteiger partial charge in [-0.25, -0.2) is 9.38 Å². The van der Waals surface area contributed by atoms with Gasteiger partial charge in [-0.2, -0.15) is 0 Å². The third-order valence-electron chi connectivity index (χ3n) is 3.43. The summed E-state index contributed by atoms with van der Waals surface area (Å²) in [5, 5.41) is 0.493. The molecule has 2 aliphatic heterocycles. The minimum absolute atomic E-state index is 0.305. The van der Waals surface area contributed by atoms with Crippen molar-refractivity contribution in [3.63, 3.8) is 0 Å². The zero-order chi connectivity index (χ0) is 11.8. The Kier molecular flexibility index (Phi) is 2.79. The Morgan fingerprint density at radius 2 is 2.12 bits per heavy atom. The number of halogens is 2. The number of aliphatic imine (C=N–C) groups is 1. The van der Waals surface area contributed by atoms with Crippen molar-refractivity contribution < 1.29 is 4.39 Å². The first-order chi connectivity index (χ1) is 8.24. The minimum Gasteiger partial charge on any atom is -0.356 e. The summed E-state index contributed by atoms with van der Waals surface area (Å²) >= 11 is 6.08. The lowest BCUT2D eigenvalue weighted by molar-refractivity contribution is 0.403. The van der Waals surface area contributed by atoms with Crippen molar-refractivity contribution in [2.24, 2.45) is 4.99 Å². The molecule has 1 aromatic rings. The second-order valence-corrected chi connectivity index (χ2v) is 5.05. The van der Waals surface area contributed by atoms with E-state index in [1.54, 1.807) is 0 Å². The second-order valence-electron chi connectivity index (χ2n) is 4.65. The predicted molar refractivity (Wildman–Crippen MR) is 67.4 cm³/mol. The molecule has 0 radical (unpaired) electrons. The van der Waals surface area contributed by atoms with Crippen LogP contribution in [0.25, 0.3) is 0 Å². The minimum atomic E-state index is -0.305. The molecule has 2 nitrogen and oxygen atoms in total. The van der Waals surface area contributed by atoms with Crippen LogP contribution in [-0.2, 0) is 6.54 Å². The van der Waals surface area contributed by atoms with Gasteiger partial charge in [0.25, 0.3) is 0 Å².